The van der Waals surface area contributed by atoms with Crippen LogP contribution in [0.5, 0.6) is 0 Å². The maximum absolute atomic E-state index is 11.2. The van der Waals surface area contributed by atoms with E-state index in [1.807, 2.05) is 0 Å². The first-order valence-electron chi connectivity index (χ1n) is 5.05. The normalized spacial score (nSPS) is 10.9. The molecule has 0 aliphatic rings. The number of nitro groups is 1. The Hall–Kier alpha value is -2.84. The molecule has 0 fully saturated rings. The highest BCUT2D eigenvalue weighted by molar-refractivity contribution is 5.98. The number of hydrogen-bond donors (Lipinski definition) is 1. The fraction of sp³-hybridized carbons (Fsp3) is 0.111. The summed E-state index contributed by atoms with van der Waals surface area (Å²) in [7, 11) is 1.61. The van der Waals surface area contributed by atoms with Crippen molar-refractivity contribution in [2.24, 2.45) is 0 Å². The highest BCUT2D eigenvalue weighted by atomic mass is 16.6. The lowest BCUT2D eigenvalue weighted by molar-refractivity contribution is -0.382. The topological polar surface area (TPSA) is 111 Å². The molecular weight excluding hydrogens is 238 g/mol. The number of nitrogens with zero attached hydrogens (tertiary/aromatic N) is 6. The van der Waals surface area contributed by atoms with Crippen LogP contribution in [-0.2, 0) is 0 Å². The molecule has 18 heavy (non-hydrogen) atoms. The summed E-state index contributed by atoms with van der Waals surface area (Å²) >= 11 is 0. The van der Waals surface area contributed by atoms with Crippen LogP contribution in [0.25, 0.3) is 16.7 Å². The van der Waals surface area contributed by atoms with Crippen molar-refractivity contribution >= 4 is 28.1 Å². The zero-order valence-electron chi connectivity index (χ0n) is 9.23. The van der Waals surface area contributed by atoms with Crippen LogP contribution < -0.4 is 5.32 Å². The largest absolute Gasteiger partial charge is 0.382 e. The molecule has 0 amide bonds. The zero-order chi connectivity index (χ0) is 12.7. The maximum atomic E-state index is 11.2. The average Bonchev–Trinajstić information content (AvgIpc) is 2.85. The van der Waals surface area contributed by atoms with Crippen molar-refractivity contribution in [2.45, 2.75) is 0 Å². The fourth-order valence-electron chi connectivity index (χ4n) is 1.90. The lowest BCUT2D eigenvalue weighted by atomic mass is 10.2. The highest BCUT2D eigenvalue weighted by Gasteiger charge is 2.25. The summed E-state index contributed by atoms with van der Waals surface area (Å²) < 4.78 is 1.26. The van der Waals surface area contributed by atoms with E-state index in [1.54, 1.807) is 25.4 Å². The first kappa shape index (κ1) is 10.3. The predicted octanol–water partition coefficient (Wildman–Crippen LogP) is 0.622. The van der Waals surface area contributed by atoms with Gasteiger partial charge in [-0.15, -0.1) is 5.10 Å². The Labute approximate surface area is 99.6 Å². The molecule has 0 bridgehead atoms. The minimum Gasteiger partial charge on any atom is -0.382 e. The molecule has 3 heterocycles. The first-order chi connectivity index (χ1) is 8.74. The predicted molar refractivity (Wildman–Crippen MR) is 62.3 cm³/mol. The molecule has 0 saturated heterocycles. The standard InChI is InChI=1S/C9H7N7O2/c1-10-6-5-3-2-4-11-8(5)15-9(12-13-14-15)7(6)16(17)18/h2-4,10H,1H3. The average molecular weight is 245 g/mol. The number of rotatable bonds is 2. The van der Waals surface area contributed by atoms with E-state index in [1.165, 1.54) is 4.52 Å². The summed E-state index contributed by atoms with van der Waals surface area (Å²) in [5, 5.41) is 25.4. The van der Waals surface area contributed by atoms with Crippen LogP contribution in [0.4, 0.5) is 11.4 Å². The van der Waals surface area contributed by atoms with E-state index in [2.05, 4.69) is 25.8 Å². The van der Waals surface area contributed by atoms with Gasteiger partial charge in [-0.3, -0.25) is 10.1 Å². The van der Waals surface area contributed by atoms with E-state index in [4.69, 9.17) is 0 Å². The van der Waals surface area contributed by atoms with E-state index in [9.17, 15) is 10.1 Å². The number of nitrogens with one attached hydrogen (secondary N) is 1. The van der Waals surface area contributed by atoms with E-state index in [-0.39, 0.29) is 11.3 Å². The van der Waals surface area contributed by atoms with E-state index >= 15 is 0 Å². The molecule has 1 N–H and O–H groups in total. The van der Waals surface area contributed by atoms with Crippen LogP contribution in [0.1, 0.15) is 0 Å². The van der Waals surface area contributed by atoms with Crippen molar-refractivity contribution in [3.8, 4) is 0 Å². The fourth-order valence-corrected chi connectivity index (χ4v) is 1.90. The van der Waals surface area contributed by atoms with Crippen LogP contribution in [-0.4, -0.2) is 37.0 Å². The van der Waals surface area contributed by atoms with Crippen LogP contribution in [0.15, 0.2) is 18.3 Å². The molecule has 3 rings (SSSR count). The second kappa shape index (κ2) is 3.58. The molecule has 9 heteroatoms. The number of pyridine rings is 2. The van der Waals surface area contributed by atoms with Crippen molar-refractivity contribution in [3.05, 3.63) is 28.4 Å². The quantitative estimate of drug-likeness (QED) is 0.520. The minimum atomic E-state index is -0.510. The molecule has 3 aromatic rings. The number of hydrogen-bond acceptors (Lipinski definition) is 7. The lowest BCUT2D eigenvalue weighted by Crippen LogP contribution is -2.04. The smallest absolute Gasteiger partial charge is 0.339 e. The SMILES string of the molecule is CNc1c([N+](=O)[O-])c2nnnn2c2ncccc12. The van der Waals surface area contributed by atoms with Gasteiger partial charge >= 0.3 is 5.69 Å². The van der Waals surface area contributed by atoms with Crippen molar-refractivity contribution in [3.63, 3.8) is 0 Å². The van der Waals surface area contributed by atoms with Gasteiger partial charge < -0.3 is 5.32 Å². The van der Waals surface area contributed by atoms with Gasteiger partial charge in [0.2, 0.25) is 0 Å². The van der Waals surface area contributed by atoms with Gasteiger partial charge in [-0.2, -0.15) is 4.52 Å². The Morgan fingerprint density at radius 3 is 3.00 bits per heavy atom. The number of anilines is 1. The third-order valence-electron chi connectivity index (χ3n) is 2.61. The van der Waals surface area contributed by atoms with Gasteiger partial charge in [0.15, 0.2) is 5.65 Å². The van der Waals surface area contributed by atoms with Crippen molar-refractivity contribution in [1.82, 2.24) is 25.0 Å². The molecule has 0 unspecified atom stereocenters. The van der Waals surface area contributed by atoms with E-state index in [0.29, 0.717) is 16.7 Å². The molecule has 90 valence electrons. The van der Waals surface area contributed by atoms with Crippen LogP contribution in [0.2, 0.25) is 0 Å². The number of aromatic nitrogens is 5. The first-order valence-corrected chi connectivity index (χ1v) is 5.05. The van der Waals surface area contributed by atoms with Crippen molar-refractivity contribution in [2.75, 3.05) is 12.4 Å². The number of fused-ring (bicyclic) bond motifs is 3. The van der Waals surface area contributed by atoms with E-state index in [0.717, 1.165) is 0 Å². The Balaban J connectivity index is 2.63. The van der Waals surface area contributed by atoms with Crippen LogP contribution >= 0.6 is 0 Å². The van der Waals surface area contributed by atoms with Crippen molar-refractivity contribution < 1.29 is 4.92 Å². The van der Waals surface area contributed by atoms with E-state index < -0.39 is 4.92 Å². The summed E-state index contributed by atoms with van der Waals surface area (Å²) in [6.07, 6.45) is 1.58. The summed E-state index contributed by atoms with van der Waals surface area (Å²) in [6, 6.07) is 3.42. The third-order valence-corrected chi connectivity index (χ3v) is 2.61. The maximum Gasteiger partial charge on any atom is 0.339 e. The zero-order valence-corrected chi connectivity index (χ0v) is 9.23. The molecule has 0 radical (unpaired) electrons. The molecule has 9 nitrogen and oxygen atoms in total. The molecular formula is C9H7N7O2. The van der Waals surface area contributed by atoms with Crippen LogP contribution in [0.3, 0.4) is 0 Å². The van der Waals surface area contributed by atoms with Crippen molar-refractivity contribution in [1.29, 1.82) is 0 Å². The summed E-state index contributed by atoms with van der Waals surface area (Å²) in [5.41, 5.74) is 0.719. The van der Waals surface area contributed by atoms with Gasteiger partial charge in [0, 0.05) is 18.6 Å². The third kappa shape index (κ3) is 1.21. The minimum absolute atomic E-state index is 0.0653. The van der Waals surface area contributed by atoms with Gasteiger partial charge in [0.05, 0.1) is 4.92 Å². The summed E-state index contributed by atoms with van der Waals surface area (Å²) in [5.74, 6) is 0. The molecule has 0 saturated carbocycles. The molecule has 3 aromatic heterocycles. The Morgan fingerprint density at radius 1 is 1.44 bits per heavy atom. The summed E-state index contributed by atoms with van der Waals surface area (Å²) in [4.78, 5) is 14.8. The van der Waals surface area contributed by atoms with Crippen LogP contribution in [0, 0.1) is 10.1 Å². The second-order valence-electron chi connectivity index (χ2n) is 3.52. The monoisotopic (exact) mass is 245 g/mol. The Kier molecular flexibility index (Phi) is 2.06. The molecule has 0 aliphatic heterocycles. The van der Waals surface area contributed by atoms with Gasteiger partial charge in [0.25, 0.3) is 5.65 Å². The number of tetrazole rings is 1. The van der Waals surface area contributed by atoms with Gasteiger partial charge in [-0.05, 0) is 22.6 Å². The Morgan fingerprint density at radius 2 is 2.28 bits per heavy atom. The molecule has 0 atom stereocenters. The highest BCUT2D eigenvalue weighted by Crippen LogP contribution is 2.34. The van der Waals surface area contributed by atoms with Gasteiger partial charge in [-0.25, -0.2) is 4.98 Å². The van der Waals surface area contributed by atoms with Gasteiger partial charge in [-0.1, -0.05) is 0 Å². The molecule has 0 aliphatic carbocycles. The summed E-state index contributed by atoms with van der Waals surface area (Å²) in [6.45, 7) is 0. The molecule has 0 aromatic carbocycles. The second-order valence-corrected chi connectivity index (χ2v) is 3.52. The van der Waals surface area contributed by atoms with Gasteiger partial charge in [0.1, 0.15) is 5.69 Å². The molecule has 0 spiro atoms. The Bertz CT molecular complexity index is 766. The lowest BCUT2D eigenvalue weighted by Gasteiger charge is -2.06.